The van der Waals surface area contributed by atoms with Gasteiger partial charge in [-0.05, 0) is 55.3 Å². The standard InChI is InChI=1S/C16H26N2O2S/c1-13-4-2-6-15(13)12-18-21(19,20)16-9-7-14(8-10-16)5-3-11-17/h7-10,13,15,18H,2-6,11-12,17H2,1H3. The molecular weight excluding hydrogens is 284 g/mol. The molecule has 0 radical (unpaired) electrons. The number of benzene rings is 1. The first-order valence-electron chi connectivity index (χ1n) is 7.81. The summed E-state index contributed by atoms with van der Waals surface area (Å²) in [5.74, 6) is 1.09. The molecule has 0 heterocycles. The first kappa shape index (κ1) is 16.5. The van der Waals surface area contributed by atoms with Gasteiger partial charge in [0.1, 0.15) is 0 Å². The Hall–Kier alpha value is -0.910. The predicted molar refractivity (Wildman–Crippen MR) is 85.5 cm³/mol. The van der Waals surface area contributed by atoms with E-state index in [0.717, 1.165) is 24.8 Å². The molecule has 1 fully saturated rings. The Bertz CT molecular complexity index is 540. The van der Waals surface area contributed by atoms with Crippen LogP contribution in [0.5, 0.6) is 0 Å². The Morgan fingerprint density at radius 3 is 2.52 bits per heavy atom. The maximum Gasteiger partial charge on any atom is 0.240 e. The molecule has 0 amide bonds. The Morgan fingerprint density at radius 1 is 1.24 bits per heavy atom. The molecule has 118 valence electrons. The molecule has 1 aliphatic carbocycles. The highest BCUT2D eigenvalue weighted by Gasteiger charge is 2.25. The van der Waals surface area contributed by atoms with E-state index in [2.05, 4.69) is 11.6 Å². The van der Waals surface area contributed by atoms with E-state index in [1.165, 1.54) is 12.8 Å². The summed E-state index contributed by atoms with van der Waals surface area (Å²) < 4.78 is 27.3. The zero-order chi connectivity index (χ0) is 15.3. The van der Waals surface area contributed by atoms with Gasteiger partial charge in [0.25, 0.3) is 0 Å². The van der Waals surface area contributed by atoms with Crippen LogP contribution in [-0.2, 0) is 16.4 Å². The van der Waals surface area contributed by atoms with Gasteiger partial charge in [0.05, 0.1) is 4.90 Å². The second-order valence-corrected chi connectivity index (χ2v) is 7.82. The van der Waals surface area contributed by atoms with Crippen LogP contribution in [0.3, 0.4) is 0 Å². The van der Waals surface area contributed by atoms with Crippen molar-refractivity contribution in [1.29, 1.82) is 0 Å². The van der Waals surface area contributed by atoms with Gasteiger partial charge in [0, 0.05) is 6.54 Å². The SMILES string of the molecule is CC1CCCC1CNS(=O)(=O)c1ccc(CCCN)cc1. The predicted octanol–water partition coefficient (Wildman–Crippen LogP) is 2.29. The summed E-state index contributed by atoms with van der Waals surface area (Å²) >= 11 is 0. The minimum atomic E-state index is -3.38. The van der Waals surface area contributed by atoms with Crippen LogP contribution in [0.15, 0.2) is 29.2 Å². The number of nitrogens with two attached hydrogens (primary N) is 1. The lowest BCUT2D eigenvalue weighted by molar-refractivity contribution is 0.414. The van der Waals surface area contributed by atoms with Crippen LogP contribution < -0.4 is 10.5 Å². The molecule has 5 heteroatoms. The second kappa shape index (κ2) is 7.38. The molecule has 21 heavy (non-hydrogen) atoms. The van der Waals surface area contributed by atoms with E-state index in [-0.39, 0.29) is 0 Å². The molecule has 0 aliphatic heterocycles. The van der Waals surface area contributed by atoms with Crippen LogP contribution in [0.1, 0.15) is 38.2 Å². The smallest absolute Gasteiger partial charge is 0.240 e. The van der Waals surface area contributed by atoms with Gasteiger partial charge in [-0.2, -0.15) is 0 Å². The van der Waals surface area contributed by atoms with Crippen molar-refractivity contribution in [3.8, 4) is 0 Å². The van der Waals surface area contributed by atoms with Crippen molar-refractivity contribution >= 4 is 10.0 Å². The highest BCUT2D eigenvalue weighted by molar-refractivity contribution is 7.89. The van der Waals surface area contributed by atoms with E-state index in [1.807, 2.05) is 12.1 Å². The van der Waals surface area contributed by atoms with Gasteiger partial charge in [-0.15, -0.1) is 0 Å². The fraction of sp³-hybridized carbons (Fsp3) is 0.625. The molecule has 2 rings (SSSR count). The lowest BCUT2D eigenvalue weighted by atomic mass is 9.99. The summed E-state index contributed by atoms with van der Waals surface area (Å²) in [5.41, 5.74) is 6.61. The first-order valence-corrected chi connectivity index (χ1v) is 9.30. The number of nitrogens with one attached hydrogen (secondary N) is 1. The summed E-state index contributed by atoms with van der Waals surface area (Å²) in [6.07, 6.45) is 5.36. The average Bonchev–Trinajstić information content (AvgIpc) is 2.89. The van der Waals surface area contributed by atoms with E-state index in [1.54, 1.807) is 12.1 Å². The van der Waals surface area contributed by atoms with Gasteiger partial charge in [0.15, 0.2) is 0 Å². The maximum absolute atomic E-state index is 12.3. The third-order valence-corrected chi connectivity index (χ3v) is 5.92. The minimum Gasteiger partial charge on any atom is -0.330 e. The summed E-state index contributed by atoms with van der Waals surface area (Å²) in [6.45, 7) is 3.41. The minimum absolute atomic E-state index is 0.352. The van der Waals surface area contributed by atoms with Gasteiger partial charge >= 0.3 is 0 Å². The second-order valence-electron chi connectivity index (χ2n) is 6.06. The molecule has 0 saturated heterocycles. The van der Waals surface area contributed by atoms with Crippen molar-refractivity contribution in [2.24, 2.45) is 17.6 Å². The summed E-state index contributed by atoms with van der Waals surface area (Å²) in [4.78, 5) is 0.352. The molecule has 2 atom stereocenters. The Balaban J connectivity index is 1.95. The molecule has 3 N–H and O–H groups in total. The van der Waals surface area contributed by atoms with Gasteiger partial charge in [-0.25, -0.2) is 13.1 Å². The molecule has 0 bridgehead atoms. The maximum atomic E-state index is 12.3. The van der Waals surface area contributed by atoms with Crippen molar-refractivity contribution in [1.82, 2.24) is 4.72 Å². The van der Waals surface area contributed by atoms with Crippen LogP contribution in [-0.4, -0.2) is 21.5 Å². The van der Waals surface area contributed by atoms with Crippen molar-refractivity contribution in [2.45, 2.75) is 43.9 Å². The lowest BCUT2D eigenvalue weighted by Gasteiger charge is -2.16. The van der Waals surface area contributed by atoms with Crippen LogP contribution in [0.4, 0.5) is 0 Å². The monoisotopic (exact) mass is 310 g/mol. The summed E-state index contributed by atoms with van der Waals surface area (Å²) in [6, 6.07) is 7.13. The molecule has 2 unspecified atom stereocenters. The van der Waals surface area contributed by atoms with E-state index in [0.29, 0.717) is 29.8 Å². The Morgan fingerprint density at radius 2 is 1.95 bits per heavy atom. The van der Waals surface area contributed by atoms with Crippen molar-refractivity contribution in [3.63, 3.8) is 0 Å². The number of aryl methyl sites for hydroxylation is 1. The fourth-order valence-electron chi connectivity index (χ4n) is 2.97. The van der Waals surface area contributed by atoms with Crippen molar-refractivity contribution in [3.05, 3.63) is 29.8 Å². The molecule has 1 aliphatic rings. The first-order chi connectivity index (χ1) is 10.0. The molecule has 1 aromatic rings. The van der Waals surface area contributed by atoms with Gasteiger partial charge in [-0.1, -0.05) is 31.9 Å². The van der Waals surface area contributed by atoms with Gasteiger partial charge in [0.2, 0.25) is 10.0 Å². The number of sulfonamides is 1. The lowest BCUT2D eigenvalue weighted by Crippen LogP contribution is -2.30. The van der Waals surface area contributed by atoms with Crippen molar-refractivity contribution < 1.29 is 8.42 Å². The molecule has 4 nitrogen and oxygen atoms in total. The van der Waals surface area contributed by atoms with Crippen LogP contribution >= 0.6 is 0 Å². The van der Waals surface area contributed by atoms with Gasteiger partial charge in [-0.3, -0.25) is 0 Å². The average molecular weight is 310 g/mol. The molecular formula is C16H26N2O2S. The summed E-state index contributed by atoms with van der Waals surface area (Å²) in [7, 11) is -3.38. The van der Waals surface area contributed by atoms with E-state index >= 15 is 0 Å². The normalized spacial score (nSPS) is 22.6. The van der Waals surface area contributed by atoms with E-state index in [9.17, 15) is 8.42 Å². The third-order valence-electron chi connectivity index (χ3n) is 4.48. The van der Waals surface area contributed by atoms with E-state index < -0.39 is 10.0 Å². The fourth-order valence-corrected chi connectivity index (χ4v) is 4.06. The van der Waals surface area contributed by atoms with Gasteiger partial charge < -0.3 is 5.73 Å². The van der Waals surface area contributed by atoms with Crippen molar-refractivity contribution in [2.75, 3.05) is 13.1 Å². The number of hydrogen-bond donors (Lipinski definition) is 2. The Labute approximate surface area is 128 Å². The van der Waals surface area contributed by atoms with Crippen LogP contribution in [0.2, 0.25) is 0 Å². The zero-order valence-electron chi connectivity index (χ0n) is 12.7. The zero-order valence-corrected chi connectivity index (χ0v) is 13.5. The molecule has 1 saturated carbocycles. The molecule has 1 aromatic carbocycles. The molecule has 0 spiro atoms. The third kappa shape index (κ3) is 4.53. The largest absolute Gasteiger partial charge is 0.330 e. The quantitative estimate of drug-likeness (QED) is 0.811. The van der Waals surface area contributed by atoms with Crippen LogP contribution in [0, 0.1) is 11.8 Å². The topological polar surface area (TPSA) is 72.2 Å². The number of rotatable bonds is 7. The van der Waals surface area contributed by atoms with Crippen LogP contribution in [0.25, 0.3) is 0 Å². The van der Waals surface area contributed by atoms with E-state index in [4.69, 9.17) is 5.73 Å². The highest BCUT2D eigenvalue weighted by Crippen LogP contribution is 2.30. The Kier molecular flexibility index (Phi) is 5.79. The summed E-state index contributed by atoms with van der Waals surface area (Å²) in [5, 5.41) is 0. The molecule has 0 aromatic heterocycles. The highest BCUT2D eigenvalue weighted by atomic mass is 32.2. The number of hydrogen-bond acceptors (Lipinski definition) is 3.